The van der Waals surface area contributed by atoms with Crippen LogP contribution in [-0.2, 0) is 27.4 Å². The minimum Gasteiger partial charge on any atom is -0.396 e. The highest BCUT2D eigenvalue weighted by Gasteiger charge is 2.41. The lowest BCUT2D eigenvalue weighted by molar-refractivity contribution is -0.143. The summed E-state index contributed by atoms with van der Waals surface area (Å²) in [7, 11) is 1.30. The molecule has 0 unspecified atom stereocenters. The second-order valence-corrected chi connectivity index (χ2v) is 11.1. The standard InChI is InChI=1S/C30H28F7N3O3/c1-15-7-20(31)5-6-21(15)22-12-23(26-16(14-41)8-25(42)39-26)38-13-24(22)40(4)27(43)28(2,3)17-9-18(29(32,33)34)11-19(10-17)30(35,36)37/h5-7,9-13,16,26,41H,8,14H2,1-4H3,(H,39,42)/t16-,26-/m0/s1. The number of carbonyl (C=O) groups is 2. The number of carbonyl (C=O) groups excluding carboxylic acids is 2. The fourth-order valence-electron chi connectivity index (χ4n) is 5.21. The second kappa shape index (κ2) is 11.3. The smallest absolute Gasteiger partial charge is 0.396 e. The molecule has 2 heterocycles. The molecule has 3 aromatic rings. The molecular formula is C30H28F7N3O3. The van der Waals surface area contributed by atoms with Gasteiger partial charge in [0.2, 0.25) is 11.8 Å². The number of aryl methyl sites for hydroxylation is 1. The van der Waals surface area contributed by atoms with Gasteiger partial charge >= 0.3 is 12.4 Å². The highest BCUT2D eigenvalue weighted by atomic mass is 19.4. The molecule has 2 aromatic carbocycles. The molecule has 1 aromatic heterocycles. The monoisotopic (exact) mass is 611 g/mol. The Bertz CT molecular complexity index is 1540. The van der Waals surface area contributed by atoms with Gasteiger partial charge in [0.15, 0.2) is 0 Å². The van der Waals surface area contributed by atoms with E-state index in [4.69, 9.17) is 0 Å². The molecule has 1 aliphatic rings. The van der Waals surface area contributed by atoms with E-state index >= 15 is 0 Å². The third kappa shape index (κ3) is 6.36. The van der Waals surface area contributed by atoms with Crippen LogP contribution < -0.4 is 10.2 Å². The first-order valence-corrected chi connectivity index (χ1v) is 13.1. The van der Waals surface area contributed by atoms with E-state index in [1.54, 1.807) is 13.0 Å². The van der Waals surface area contributed by atoms with Crippen molar-refractivity contribution in [3.8, 4) is 11.1 Å². The zero-order chi connectivity index (χ0) is 32.1. The molecule has 43 heavy (non-hydrogen) atoms. The lowest BCUT2D eigenvalue weighted by Gasteiger charge is -2.32. The van der Waals surface area contributed by atoms with Gasteiger partial charge in [0.25, 0.3) is 0 Å². The minimum absolute atomic E-state index is 0.00667. The number of hydrogen-bond acceptors (Lipinski definition) is 4. The lowest BCUT2D eigenvalue weighted by atomic mass is 9.81. The average molecular weight is 612 g/mol. The van der Waals surface area contributed by atoms with Gasteiger partial charge in [0.1, 0.15) is 5.82 Å². The molecule has 0 spiro atoms. The predicted molar refractivity (Wildman–Crippen MR) is 143 cm³/mol. The van der Waals surface area contributed by atoms with Crippen molar-refractivity contribution in [1.82, 2.24) is 10.3 Å². The Kier molecular flexibility index (Phi) is 8.35. The first kappa shape index (κ1) is 31.9. The van der Waals surface area contributed by atoms with E-state index in [9.17, 15) is 45.4 Å². The number of aliphatic hydroxyl groups is 1. The predicted octanol–water partition coefficient (Wildman–Crippen LogP) is 6.34. The Labute approximate surface area is 242 Å². The Morgan fingerprint density at radius 2 is 1.56 bits per heavy atom. The SMILES string of the molecule is Cc1cc(F)ccc1-c1cc([C@H]2NC(=O)C[C@H]2CO)ncc1N(C)C(=O)C(C)(C)c1cc(C(F)(F)F)cc(C(F)(F)F)c1. The van der Waals surface area contributed by atoms with Gasteiger partial charge < -0.3 is 15.3 Å². The number of anilines is 1. The Morgan fingerprint density at radius 3 is 2.09 bits per heavy atom. The number of benzene rings is 2. The van der Waals surface area contributed by atoms with Crippen LogP contribution in [0.15, 0.2) is 48.7 Å². The van der Waals surface area contributed by atoms with Crippen molar-refractivity contribution in [2.45, 2.75) is 51.0 Å². The number of amides is 2. The summed E-state index contributed by atoms with van der Waals surface area (Å²) in [6.07, 6.45) is -8.86. The third-order valence-corrected chi connectivity index (χ3v) is 7.68. The normalized spacial score (nSPS) is 17.6. The summed E-state index contributed by atoms with van der Waals surface area (Å²) in [6.45, 7) is 3.72. The number of aromatic nitrogens is 1. The largest absolute Gasteiger partial charge is 0.416 e. The van der Waals surface area contributed by atoms with Gasteiger partial charge in [-0.05, 0) is 73.9 Å². The molecule has 1 fully saturated rings. The number of nitrogens with zero attached hydrogens (tertiary/aromatic N) is 2. The summed E-state index contributed by atoms with van der Waals surface area (Å²) in [4.78, 5) is 31.4. The number of pyridine rings is 1. The van der Waals surface area contributed by atoms with Crippen LogP contribution in [0.4, 0.5) is 36.4 Å². The van der Waals surface area contributed by atoms with Gasteiger partial charge in [-0.1, -0.05) is 6.07 Å². The molecule has 2 atom stereocenters. The van der Waals surface area contributed by atoms with Gasteiger partial charge in [-0.2, -0.15) is 26.3 Å². The molecule has 0 radical (unpaired) electrons. The van der Waals surface area contributed by atoms with Crippen LogP contribution in [0.2, 0.25) is 0 Å². The van der Waals surface area contributed by atoms with E-state index in [-0.39, 0.29) is 30.7 Å². The molecule has 2 amide bonds. The summed E-state index contributed by atoms with van der Waals surface area (Å²) >= 11 is 0. The van der Waals surface area contributed by atoms with Crippen LogP contribution in [0, 0.1) is 18.7 Å². The summed E-state index contributed by atoms with van der Waals surface area (Å²) in [5.41, 5.74) is -3.77. The van der Waals surface area contributed by atoms with Crippen molar-refractivity contribution in [2.24, 2.45) is 5.92 Å². The number of nitrogens with one attached hydrogen (secondary N) is 1. The molecule has 13 heteroatoms. The van der Waals surface area contributed by atoms with Gasteiger partial charge in [0.05, 0.1) is 40.2 Å². The second-order valence-electron chi connectivity index (χ2n) is 11.1. The average Bonchev–Trinajstić information content (AvgIpc) is 3.31. The van der Waals surface area contributed by atoms with Crippen LogP contribution >= 0.6 is 0 Å². The topological polar surface area (TPSA) is 82.5 Å². The molecule has 230 valence electrons. The van der Waals surface area contributed by atoms with Crippen LogP contribution in [0.3, 0.4) is 0 Å². The quantitative estimate of drug-likeness (QED) is 0.319. The van der Waals surface area contributed by atoms with Gasteiger partial charge in [-0.25, -0.2) is 4.39 Å². The third-order valence-electron chi connectivity index (χ3n) is 7.68. The van der Waals surface area contributed by atoms with Gasteiger partial charge in [0, 0.05) is 31.6 Å². The summed E-state index contributed by atoms with van der Waals surface area (Å²) in [5.74, 6) is -2.17. The summed E-state index contributed by atoms with van der Waals surface area (Å²) in [5, 5.41) is 12.5. The van der Waals surface area contributed by atoms with Crippen molar-refractivity contribution in [3.05, 3.63) is 82.4 Å². The molecule has 0 bridgehead atoms. The van der Waals surface area contributed by atoms with Crippen molar-refractivity contribution in [1.29, 1.82) is 0 Å². The van der Waals surface area contributed by atoms with Crippen LogP contribution in [-0.4, -0.2) is 35.6 Å². The van der Waals surface area contributed by atoms with Crippen LogP contribution in [0.25, 0.3) is 11.1 Å². The number of likely N-dealkylation sites (N-methyl/N-ethyl adjacent to an activating group) is 1. The van der Waals surface area contributed by atoms with Crippen molar-refractivity contribution >= 4 is 17.5 Å². The highest BCUT2D eigenvalue weighted by Crippen LogP contribution is 2.41. The number of hydrogen-bond donors (Lipinski definition) is 2. The summed E-state index contributed by atoms with van der Waals surface area (Å²) < 4.78 is 95.3. The fourth-order valence-corrected chi connectivity index (χ4v) is 5.21. The molecular weight excluding hydrogens is 583 g/mol. The van der Waals surface area contributed by atoms with Gasteiger partial charge in [-0.15, -0.1) is 0 Å². The molecule has 4 rings (SSSR count). The Morgan fingerprint density at radius 1 is 0.977 bits per heavy atom. The first-order valence-electron chi connectivity index (χ1n) is 13.1. The number of halogens is 7. The molecule has 0 aliphatic carbocycles. The van der Waals surface area contributed by atoms with E-state index in [2.05, 4.69) is 10.3 Å². The highest BCUT2D eigenvalue weighted by molar-refractivity contribution is 6.03. The fraction of sp³-hybridized carbons (Fsp3) is 0.367. The number of aliphatic hydroxyl groups excluding tert-OH is 1. The maximum atomic E-state index is 14.0. The van der Waals surface area contributed by atoms with Crippen LogP contribution in [0.5, 0.6) is 0 Å². The van der Waals surface area contributed by atoms with Crippen molar-refractivity contribution in [2.75, 3.05) is 18.6 Å². The van der Waals surface area contributed by atoms with E-state index < -0.39 is 58.1 Å². The molecule has 6 nitrogen and oxygen atoms in total. The minimum atomic E-state index is -5.10. The zero-order valence-electron chi connectivity index (χ0n) is 23.5. The van der Waals surface area contributed by atoms with E-state index in [0.29, 0.717) is 34.5 Å². The molecule has 1 saturated heterocycles. The lowest BCUT2D eigenvalue weighted by Crippen LogP contribution is -2.42. The Balaban J connectivity index is 1.84. The molecule has 0 saturated carbocycles. The van der Waals surface area contributed by atoms with Gasteiger partial charge in [-0.3, -0.25) is 14.6 Å². The number of rotatable bonds is 6. The van der Waals surface area contributed by atoms with E-state index in [1.165, 1.54) is 45.3 Å². The van der Waals surface area contributed by atoms with Crippen molar-refractivity contribution in [3.63, 3.8) is 0 Å². The Hall–Kier alpha value is -4.00. The maximum absolute atomic E-state index is 14.0. The van der Waals surface area contributed by atoms with Crippen molar-refractivity contribution < 1.29 is 45.4 Å². The maximum Gasteiger partial charge on any atom is 0.416 e. The number of alkyl halides is 6. The zero-order valence-corrected chi connectivity index (χ0v) is 23.5. The first-order chi connectivity index (χ1) is 19.8. The summed E-state index contributed by atoms with van der Waals surface area (Å²) in [6, 6.07) is 5.80. The molecule has 2 N–H and O–H groups in total. The van der Waals surface area contributed by atoms with E-state index in [1.807, 2.05) is 0 Å². The molecule has 1 aliphatic heterocycles. The van der Waals surface area contributed by atoms with E-state index in [0.717, 1.165) is 4.90 Å². The van der Waals surface area contributed by atoms with Crippen LogP contribution in [0.1, 0.15) is 54.3 Å².